The highest BCUT2D eigenvalue weighted by atomic mass is 32.1. The van der Waals surface area contributed by atoms with Crippen LogP contribution in [0.5, 0.6) is 0 Å². The minimum absolute atomic E-state index is 0.151. The van der Waals surface area contributed by atoms with Crippen LogP contribution < -0.4 is 10.5 Å². The lowest BCUT2D eigenvalue weighted by Gasteiger charge is -2.29. The molecule has 134 valence electrons. The molecular weight excluding hydrogens is 361 g/mol. The van der Waals surface area contributed by atoms with Crippen molar-refractivity contribution >= 4 is 27.5 Å². The number of nitrogens with zero attached hydrogens (tertiary/aromatic N) is 2. The standard InChI is InChI=1S/C21H16FN3OS/c22-16-7-3-6-14(10-16)17-12-27-19-18(17)23-21(24-20(19)26)25-9-8-13-4-1-2-5-15(13)11-25/h1-7,10,12H,8-9,11H2,(H,23,24,26). The van der Waals surface area contributed by atoms with Gasteiger partial charge in [-0.3, -0.25) is 9.78 Å². The SMILES string of the molecule is O=c1[nH]c(N2CCc3ccccc3C2)nc2c(-c3cccc(F)c3)csc12. The van der Waals surface area contributed by atoms with Crippen LogP contribution in [0.15, 0.2) is 58.7 Å². The Balaban J connectivity index is 1.61. The quantitative estimate of drug-likeness (QED) is 0.565. The van der Waals surface area contributed by atoms with Gasteiger partial charge >= 0.3 is 0 Å². The summed E-state index contributed by atoms with van der Waals surface area (Å²) in [7, 11) is 0. The lowest BCUT2D eigenvalue weighted by atomic mass is 10.0. The summed E-state index contributed by atoms with van der Waals surface area (Å²) in [6.07, 6.45) is 0.915. The molecule has 3 heterocycles. The number of aromatic nitrogens is 2. The molecule has 0 fully saturated rings. The third-order valence-electron chi connectivity index (χ3n) is 4.98. The van der Waals surface area contributed by atoms with Crippen molar-refractivity contribution in [2.24, 2.45) is 0 Å². The summed E-state index contributed by atoms with van der Waals surface area (Å²) in [6.45, 7) is 1.51. The van der Waals surface area contributed by atoms with Crippen molar-refractivity contribution in [2.45, 2.75) is 13.0 Å². The molecule has 0 radical (unpaired) electrons. The minimum Gasteiger partial charge on any atom is -0.338 e. The Labute approximate surface area is 158 Å². The molecule has 2 aromatic heterocycles. The Morgan fingerprint density at radius 2 is 1.96 bits per heavy atom. The summed E-state index contributed by atoms with van der Waals surface area (Å²) < 4.78 is 14.2. The zero-order chi connectivity index (χ0) is 18.4. The van der Waals surface area contributed by atoms with E-state index in [0.717, 1.165) is 24.1 Å². The third kappa shape index (κ3) is 2.82. The molecule has 0 spiro atoms. The second kappa shape index (κ2) is 6.32. The highest BCUT2D eigenvalue weighted by Crippen LogP contribution is 2.32. The molecule has 0 saturated carbocycles. The maximum absolute atomic E-state index is 13.7. The van der Waals surface area contributed by atoms with E-state index in [9.17, 15) is 9.18 Å². The van der Waals surface area contributed by atoms with Crippen LogP contribution in [-0.4, -0.2) is 16.5 Å². The molecule has 0 aliphatic carbocycles. The largest absolute Gasteiger partial charge is 0.338 e. The summed E-state index contributed by atoms with van der Waals surface area (Å²) in [6, 6.07) is 14.7. The summed E-state index contributed by atoms with van der Waals surface area (Å²) in [5, 5.41) is 1.87. The van der Waals surface area contributed by atoms with E-state index in [1.54, 1.807) is 6.07 Å². The van der Waals surface area contributed by atoms with Gasteiger partial charge in [0.25, 0.3) is 5.56 Å². The van der Waals surface area contributed by atoms with Crippen molar-refractivity contribution in [1.82, 2.24) is 9.97 Å². The molecule has 1 aliphatic heterocycles. The van der Waals surface area contributed by atoms with Gasteiger partial charge in [0.1, 0.15) is 10.5 Å². The van der Waals surface area contributed by atoms with Crippen LogP contribution in [0.2, 0.25) is 0 Å². The highest BCUT2D eigenvalue weighted by molar-refractivity contribution is 7.17. The molecule has 0 unspecified atom stereocenters. The van der Waals surface area contributed by atoms with Gasteiger partial charge in [0.2, 0.25) is 5.95 Å². The molecule has 4 aromatic rings. The van der Waals surface area contributed by atoms with Crippen LogP contribution in [0, 0.1) is 5.82 Å². The van der Waals surface area contributed by atoms with Crippen LogP contribution in [0.25, 0.3) is 21.3 Å². The number of rotatable bonds is 2. The van der Waals surface area contributed by atoms with E-state index in [4.69, 9.17) is 4.98 Å². The van der Waals surface area contributed by atoms with Gasteiger partial charge in [-0.15, -0.1) is 11.3 Å². The Morgan fingerprint density at radius 1 is 1.11 bits per heavy atom. The minimum atomic E-state index is -0.301. The maximum Gasteiger partial charge on any atom is 0.270 e. The number of hydrogen-bond donors (Lipinski definition) is 1. The summed E-state index contributed by atoms with van der Waals surface area (Å²) in [5.41, 5.74) is 4.59. The summed E-state index contributed by atoms with van der Waals surface area (Å²) >= 11 is 1.34. The lowest BCUT2D eigenvalue weighted by Crippen LogP contribution is -2.33. The fourth-order valence-electron chi connectivity index (χ4n) is 3.60. The molecule has 5 rings (SSSR count). The van der Waals surface area contributed by atoms with Crippen LogP contribution >= 0.6 is 11.3 Å². The molecule has 1 N–H and O–H groups in total. The van der Waals surface area contributed by atoms with Crippen molar-refractivity contribution < 1.29 is 4.39 Å². The van der Waals surface area contributed by atoms with E-state index in [1.165, 1.54) is 34.6 Å². The van der Waals surface area contributed by atoms with Gasteiger partial charge in [0.15, 0.2) is 0 Å². The van der Waals surface area contributed by atoms with Gasteiger partial charge in [-0.05, 0) is 35.2 Å². The molecule has 6 heteroatoms. The van der Waals surface area contributed by atoms with E-state index in [1.807, 2.05) is 17.5 Å². The molecule has 4 nitrogen and oxygen atoms in total. The number of fused-ring (bicyclic) bond motifs is 2. The van der Waals surface area contributed by atoms with Crippen LogP contribution in [0.1, 0.15) is 11.1 Å². The average Bonchev–Trinajstić information content (AvgIpc) is 3.12. The molecule has 0 amide bonds. The van der Waals surface area contributed by atoms with E-state index in [0.29, 0.717) is 22.7 Å². The number of anilines is 1. The first kappa shape index (κ1) is 16.2. The predicted molar refractivity (Wildman–Crippen MR) is 107 cm³/mol. The molecule has 0 bridgehead atoms. The lowest BCUT2D eigenvalue weighted by molar-refractivity contribution is 0.628. The molecule has 0 atom stereocenters. The number of hydrogen-bond acceptors (Lipinski definition) is 4. The summed E-state index contributed by atoms with van der Waals surface area (Å²) in [5.74, 6) is 0.266. The molecular formula is C21H16FN3OS. The first-order valence-electron chi connectivity index (χ1n) is 8.78. The fraction of sp³-hybridized carbons (Fsp3) is 0.143. The monoisotopic (exact) mass is 377 g/mol. The highest BCUT2D eigenvalue weighted by Gasteiger charge is 2.20. The van der Waals surface area contributed by atoms with Gasteiger partial charge in [0, 0.05) is 24.0 Å². The normalized spacial score (nSPS) is 13.7. The van der Waals surface area contributed by atoms with Crippen LogP contribution in [-0.2, 0) is 13.0 Å². The van der Waals surface area contributed by atoms with Crippen molar-refractivity contribution in [1.29, 1.82) is 0 Å². The van der Waals surface area contributed by atoms with Gasteiger partial charge in [-0.2, -0.15) is 0 Å². The van der Waals surface area contributed by atoms with Crippen molar-refractivity contribution in [2.75, 3.05) is 11.4 Å². The third-order valence-corrected chi connectivity index (χ3v) is 5.95. The van der Waals surface area contributed by atoms with Crippen molar-refractivity contribution in [3.8, 4) is 11.1 Å². The van der Waals surface area contributed by atoms with Gasteiger partial charge in [0.05, 0.1) is 5.52 Å². The zero-order valence-electron chi connectivity index (χ0n) is 14.4. The number of thiophene rings is 1. The fourth-order valence-corrected chi connectivity index (χ4v) is 4.51. The number of nitrogens with one attached hydrogen (secondary N) is 1. The van der Waals surface area contributed by atoms with Crippen LogP contribution in [0.3, 0.4) is 0 Å². The Bertz CT molecular complexity index is 1210. The first-order valence-corrected chi connectivity index (χ1v) is 9.66. The number of H-pyrrole nitrogens is 1. The average molecular weight is 377 g/mol. The zero-order valence-corrected chi connectivity index (χ0v) is 15.2. The Morgan fingerprint density at radius 3 is 2.81 bits per heavy atom. The van der Waals surface area contributed by atoms with Crippen molar-refractivity contribution in [3.05, 3.63) is 81.2 Å². The maximum atomic E-state index is 13.7. The molecule has 27 heavy (non-hydrogen) atoms. The number of benzene rings is 2. The van der Waals surface area contributed by atoms with Crippen molar-refractivity contribution in [3.63, 3.8) is 0 Å². The van der Waals surface area contributed by atoms with Gasteiger partial charge in [-0.25, -0.2) is 9.37 Å². The second-order valence-corrected chi connectivity index (χ2v) is 7.55. The van der Waals surface area contributed by atoms with E-state index in [-0.39, 0.29) is 11.4 Å². The number of halogens is 1. The second-order valence-electron chi connectivity index (χ2n) is 6.67. The molecule has 2 aromatic carbocycles. The molecule has 1 aliphatic rings. The van der Waals surface area contributed by atoms with Crippen LogP contribution in [0.4, 0.5) is 10.3 Å². The number of aromatic amines is 1. The molecule has 0 saturated heterocycles. The smallest absolute Gasteiger partial charge is 0.270 e. The van der Waals surface area contributed by atoms with Gasteiger partial charge < -0.3 is 4.90 Å². The van der Waals surface area contributed by atoms with E-state index in [2.05, 4.69) is 28.1 Å². The topological polar surface area (TPSA) is 49.0 Å². The van der Waals surface area contributed by atoms with E-state index >= 15 is 0 Å². The predicted octanol–water partition coefficient (Wildman–Crippen LogP) is 4.35. The Hall–Kier alpha value is -2.99. The van der Waals surface area contributed by atoms with Gasteiger partial charge in [-0.1, -0.05) is 36.4 Å². The Kier molecular flexibility index (Phi) is 3.79. The summed E-state index contributed by atoms with van der Waals surface area (Å²) in [4.78, 5) is 22.4. The first-order chi connectivity index (χ1) is 13.2. The van der Waals surface area contributed by atoms with E-state index < -0.39 is 0 Å².